The summed E-state index contributed by atoms with van der Waals surface area (Å²) < 4.78 is 0. The first-order valence-electron chi connectivity index (χ1n) is 7.31. The van der Waals surface area contributed by atoms with Crippen LogP contribution in [0.15, 0.2) is 0 Å². The Balaban J connectivity index is 2.60. The van der Waals surface area contributed by atoms with Crippen molar-refractivity contribution in [1.29, 1.82) is 0 Å². The number of nitrogens with zero attached hydrogens (tertiary/aromatic N) is 1. The fourth-order valence-electron chi connectivity index (χ4n) is 2.06. The van der Waals surface area contributed by atoms with Gasteiger partial charge >= 0.3 is 12.0 Å². The highest BCUT2D eigenvalue weighted by atomic mass is 16.4. The first kappa shape index (κ1) is 15.8. The monoisotopic (exact) mass is 270 g/mol. The van der Waals surface area contributed by atoms with Crippen LogP contribution in [0.2, 0.25) is 0 Å². The van der Waals surface area contributed by atoms with Gasteiger partial charge in [0.1, 0.15) is 6.04 Å². The van der Waals surface area contributed by atoms with Gasteiger partial charge < -0.3 is 15.3 Å². The molecule has 1 fully saturated rings. The maximum Gasteiger partial charge on any atom is 0.326 e. The Labute approximate surface area is 115 Å². The minimum atomic E-state index is -0.950. The van der Waals surface area contributed by atoms with Crippen molar-refractivity contribution in [2.45, 2.75) is 65.0 Å². The molecule has 5 nitrogen and oxygen atoms in total. The summed E-state index contributed by atoms with van der Waals surface area (Å²) in [5.74, 6) is -1.01. The summed E-state index contributed by atoms with van der Waals surface area (Å²) in [4.78, 5) is 25.2. The standard InChI is InChI=1S/C14H26N2O3/c1-4-6-9-16(11-7-8-11)14(19)15-12(13(17)18)10(3)5-2/h10-12H,4-9H2,1-3H3,(H,15,19)(H,17,18)/t10-,12-/m0/s1. The predicted molar refractivity (Wildman–Crippen MR) is 74.0 cm³/mol. The highest BCUT2D eigenvalue weighted by Gasteiger charge is 2.34. The Hall–Kier alpha value is -1.26. The van der Waals surface area contributed by atoms with Gasteiger partial charge in [-0.2, -0.15) is 0 Å². The number of rotatable bonds is 8. The average molecular weight is 270 g/mol. The van der Waals surface area contributed by atoms with Crippen molar-refractivity contribution >= 4 is 12.0 Å². The van der Waals surface area contributed by atoms with Crippen molar-refractivity contribution in [3.05, 3.63) is 0 Å². The molecule has 5 heteroatoms. The van der Waals surface area contributed by atoms with Crippen LogP contribution in [0.5, 0.6) is 0 Å². The topological polar surface area (TPSA) is 69.6 Å². The Morgan fingerprint density at radius 3 is 2.42 bits per heavy atom. The second-order valence-corrected chi connectivity index (χ2v) is 5.43. The summed E-state index contributed by atoms with van der Waals surface area (Å²) in [6, 6.07) is -0.693. The van der Waals surface area contributed by atoms with E-state index in [0.717, 1.165) is 38.6 Å². The number of carboxylic acids is 1. The van der Waals surface area contributed by atoms with Crippen molar-refractivity contribution in [3.63, 3.8) is 0 Å². The molecule has 0 aromatic rings. The molecule has 0 unspecified atom stereocenters. The van der Waals surface area contributed by atoms with Gasteiger partial charge in [-0.3, -0.25) is 0 Å². The molecule has 1 rings (SSSR count). The van der Waals surface area contributed by atoms with Gasteiger partial charge in [0.15, 0.2) is 0 Å². The van der Waals surface area contributed by atoms with E-state index < -0.39 is 12.0 Å². The lowest BCUT2D eigenvalue weighted by Gasteiger charge is -2.27. The molecule has 0 heterocycles. The van der Waals surface area contributed by atoms with Crippen molar-refractivity contribution in [2.75, 3.05) is 6.54 Å². The normalized spacial score (nSPS) is 17.6. The molecule has 0 bridgehead atoms. The predicted octanol–water partition coefficient (Wildman–Crippen LogP) is 2.46. The minimum Gasteiger partial charge on any atom is -0.480 e. The van der Waals surface area contributed by atoms with Crippen LogP contribution in [0.1, 0.15) is 52.9 Å². The van der Waals surface area contributed by atoms with Crippen molar-refractivity contribution < 1.29 is 14.7 Å². The van der Waals surface area contributed by atoms with Crippen LogP contribution >= 0.6 is 0 Å². The zero-order valence-corrected chi connectivity index (χ0v) is 12.2. The highest BCUT2D eigenvalue weighted by molar-refractivity contribution is 5.83. The smallest absolute Gasteiger partial charge is 0.326 e. The summed E-state index contributed by atoms with van der Waals surface area (Å²) in [6.07, 6.45) is 4.81. The maximum atomic E-state index is 12.2. The Morgan fingerprint density at radius 2 is 2.00 bits per heavy atom. The van der Waals surface area contributed by atoms with Gasteiger partial charge in [-0.25, -0.2) is 9.59 Å². The van der Waals surface area contributed by atoms with E-state index in [4.69, 9.17) is 0 Å². The van der Waals surface area contributed by atoms with Crippen molar-refractivity contribution in [2.24, 2.45) is 5.92 Å². The number of carbonyl (C=O) groups is 2. The number of carbonyl (C=O) groups excluding carboxylic acids is 1. The second kappa shape index (κ2) is 7.36. The Bertz CT molecular complexity index is 316. The summed E-state index contributed by atoms with van der Waals surface area (Å²) >= 11 is 0. The third-order valence-corrected chi connectivity index (χ3v) is 3.76. The summed E-state index contributed by atoms with van der Waals surface area (Å²) in [5, 5.41) is 11.9. The zero-order chi connectivity index (χ0) is 14.4. The van der Waals surface area contributed by atoms with Crippen LogP contribution in [-0.2, 0) is 4.79 Å². The molecule has 2 N–H and O–H groups in total. The van der Waals surface area contributed by atoms with Crippen LogP contribution in [-0.4, -0.2) is 40.6 Å². The Morgan fingerprint density at radius 1 is 1.37 bits per heavy atom. The van der Waals surface area contributed by atoms with Crippen LogP contribution in [0, 0.1) is 5.92 Å². The number of carboxylic acid groups (broad SMARTS) is 1. The van der Waals surface area contributed by atoms with E-state index in [2.05, 4.69) is 12.2 Å². The molecule has 19 heavy (non-hydrogen) atoms. The molecule has 0 spiro atoms. The van der Waals surface area contributed by atoms with Gasteiger partial charge in [0.05, 0.1) is 0 Å². The number of aliphatic carboxylic acids is 1. The van der Waals surface area contributed by atoms with E-state index in [-0.39, 0.29) is 11.9 Å². The molecule has 0 radical (unpaired) electrons. The molecule has 0 aromatic carbocycles. The van der Waals surface area contributed by atoms with Gasteiger partial charge in [-0.15, -0.1) is 0 Å². The third-order valence-electron chi connectivity index (χ3n) is 3.76. The Kier molecular flexibility index (Phi) is 6.12. The third kappa shape index (κ3) is 4.73. The van der Waals surface area contributed by atoms with E-state index in [9.17, 15) is 14.7 Å². The fourth-order valence-corrected chi connectivity index (χ4v) is 2.06. The molecule has 110 valence electrons. The van der Waals surface area contributed by atoms with E-state index in [1.54, 1.807) is 0 Å². The molecular weight excluding hydrogens is 244 g/mol. The van der Waals surface area contributed by atoms with Gasteiger partial charge in [0.25, 0.3) is 0 Å². The first-order valence-corrected chi connectivity index (χ1v) is 7.31. The molecule has 1 aliphatic carbocycles. The quantitative estimate of drug-likeness (QED) is 0.712. The van der Waals surface area contributed by atoms with Crippen LogP contribution in [0.4, 0.5) is 4.79 Å². The number of nitrogens with one attached hydrogen (secondary N) is 1. The first-order chi connectivity index (χ1) is 9.01. The van der Waals surface area contributed by atoms with Gasteiger partial charge in [0.2, 0.25) is 0 Å². The number of unbranched alkanes of at least 4 members (excludes halogenated alkanes) is 1. The van der Waals surface area contributed by atoms with E-state index in [1.165, 1.54) is 0 Å². The van der Waals surface area contributed by atoms with Crippen molar-refractivity contribution in [1.82, 2.24) is 10.2 Å². The van der Waals surface area contributed by atoms with Crippen molar-refractivity contribution in [3.8, 4) is 0 Å². The van der Waals surface area contributed by atoms with E-state index in [0.29, 0.717) is 6.04 Å². The molecule has 0 aromatic heterocycles. The second-order valence-electron chi connectivity index (χ2n) is 5.43. The SMILES string of the molecule is CCCCN(C(=O)N[C@H](C(=O)O)[C@@H](C)CC)C1CC1. The molecule has 2 atom stereocenters. The molecule has 1 saturated carbocycles. The zero-order valence-electron chi connectivity index (χ0n) is 12.2. The summed E-state index contributed by atoms with van der Waals surface area (Å²) in [5.41, 5.74) is 0. The highest BCUT2D eigenvalue weighted by Crippen LogP contribution is 2.27. The van der Waals surface area contributed by atoms with Gasteiger partial charge in [-0.05, 0) is 25.2 Å². The number of hydrogen-bond acceptors (Lipinski definition) is 2. The number of hydrogen-bond donors (Lipinski definition) is 2. The molecular formula is C14H26N2O3. The largest absolute Gasteiger partial charge is 0.480 e. The van der Waals surface area contributed by atoms with Gasteiger partial charge in [0, 0.05) is 12.6 Å². The van der Waals surface area contributed by atoms with Crippen LogP contribution in [0.25, 0.3) is 0 Å². The average Bonchev–Trinajstić information content (AvgIpc) is 3.19. The van der Waals surface area contributed by atoms with Gasteiger partial charge in [-0.1, -0.05) is 33.6 Å². The fraction of sp³-hybridized carbons (Fsp3) is 0.857. The van der Waals surface area contributed by atoms with E-state index in [1.807, 2.05) is 18.7 Å². The maximum absolute atomic E-state index is 12.2. The molecule has 1 aliphatic rings. The lowest BCUT2D eigenvalue weighted by molar-refractivity contribution is -0.140. The lowest BCUT2D eigenvalue weighted by Crippen LogP contribution is -2.51. The minimum absolute atomic E-state index is 0.0614. The molecule has 2 amide bonds. The van der Waals surface area contributed by atoms with Crippen LogP contribution < -0.4 is 5.32 Å². The number of amides is 2. The van der Waals surface area contributed by atoms with Crippen LogP contribution in [0.3, 0.4) is 0 Å². The number of urea groups is 1. The lowest BCUT2D eigenvalue weighted by atomic mass is 9.99. The van der Waals surface area contributed by atoms with E-state index >= 15 is 0 Å². The molecule has 0 aliphatic heterocycles. The summed E-state index contributed by atoms with van der Waals surface area (Å²) in [6.45, 7) is 6.59. The molecule has 0 saturated heterocycles. The summed E-state index contributed by atoms with van der Waals surface area (Å²) in [7, 11) is 0.